The number of ether oxygens (including phenoxy) is 1. The lowest BCUT2D eigenvalue weighted by Gasteiger charge is -2.28. The van der Waals surface area contributed by atoms with E-state index in [0.29, 0.717) is 36.5 Å². The first kappa shape index (κ1) is 17.5. The highest BCUT2D eigenvalue weighted by Crippen LogP contribution is 2.32. The molecule has 0 saturated carbocycles. The SMILES string of the molecule is CC(Sc1nnc(Nc2ccccc2Cl)s1)C(=O)N1CCOCC1. The number of benzene rings is 1. The van der Waals surface area contributed by atoms with Crippen molar-refractivity contribution in [2.45, 2.75) is 16.5 Å². The Balaban J connectivity index is 1.59. The molecule has 24 heavy (non-hydrogen) atoms. The molecule has 0 spiro atoms. The summed E-state index contributed by atoms with van der Waals surface area (Å²) < 4.78 is 6.03. The monoisotopic (exact) mass is 384 g/mol. The number of morpholine rings is 1. The van der Waals surface area contributed by atoms with Crippen LogP contribution in [0.4, 0.5) is 10.8 Å². The zero-order valence-electron chi connectivity index (χ0n) is 13.1. The number of amides is 1. The third-order valence-electron chi connectivity index (χ3n) is 3.47. The predicted octanol–water partition coefficient (Wildman–Crippen LogP) is 3.27. The van der Waals surface area contributed by atoms with Gasteiger partial charge in [-0.3, -0.25) is 4.79 Å². The Kier molecular flexibility index (Phi) is 5.94. The fourth-order valence-corrected chi connectivity index (χ4v) is 4.40. The van der Waals surface area contributed by atoms with E-state index in [-0.39, 0.29) is 11.2 Å². The van der Waals surface area contributed by atoms with E-state index in [0.717, 1.165) is 10.0 Å². The number of halogens is 1. The number of carbonyl (C=O) groups is 1. The van der Waals surface area contributed by atoms with E-state index in [4.69, 9.17) is 16.3 Å². The predicted molar refractivity (Wildman–Crippen MR) is 97.4 cm³/mol. The van der Waals surface area contributed by atoms with Crippen LogP contribution in [0.25, 0.3) is 0 Å². The van der Waals surface area contributed by atoms with Gasteiger partial charge in [0.25, 0.3) is 0 Å². The van der Waals surface area contributed by atoms with Crippen LogP contribution < -0.4 is 5.32 Å². The van der Waals surface area contributed by atoms with Crippen molar-refractivity contribution in [2.24, 2.45) is 0 Å². The van der Waals surface area contributed by atoms with Gasteiger partial charge in [-0.15, -0.1) is 10.2 Å². The summed E-state index contributed by atoms with van der Waals surface area (Å²) in [7, 11) is 0. The maximum Gasteiger partial charge on any atom is 0.236 e. The van der Waals surface area contributed by atoms with Crippen LogP contribution in [0.15, 0.2) is 28.6 Å². The molecule has 1 saturated heterocycles. The quantitative estimate of drug-likeness (QED) is 0.798. The number of hydrogen-bond donors (Lipinski definition) is 1. The molecular weight excluding hydrogens is 368 g/mol. The molecule has 1 N–H and O–H groups in total. The highest BCUT2D eigenvalue weighted by atomic mass is 35.5. The third kappa shape index (κ3) is 4.38. The Morgan fingerprint density at radius 2 is 2.12 bits per heavy atom. The standard InChI is InChI=1S/C15H17ClN4O2S2/c1-10(13(21)20-6-8-22-9-7-20)23-15-19-18-14(24-15)17-12-5-3-2-4-11(12)16/h2-5,10H,6-9H2,1H3,(H,17,18). The first-order chi connectivity index (χ1) is 11.6. The molecule has 9 heteroatoms. The molecule has 0 aliphatic carbocycles. The maximum absolute atomic E-state index is 12.4. The lowest BCUT2D eigenvalue weighted by Crippen LogP contribution is -2.44. The Morgan fingerprint density at radius 1 is 1.38 bits per heavy atom. The van der Waals surface area contributed by atoms with E-state index in [1.807, 2.05) is 36.1 Å². The summed E-state index contributed by atoms with van der Waals surface area (Å²) in [4.78, 5) is 14.3. The van der Waals surface area contributed by atoms with Gasteiger partial charge in [-0.2, -0.15) is 0 Å². The van der Waals surface area contributed by atoms with E-state index in [1.54, 1.807) is 0 Å². The average molecular weight is 385 g/mol. The molecule has 2 aromatic rings. The normalized spacial score (nSPS) is 16.0. The van der Waals surface area contributed by atoms with Crippen LogP contribution in [0, 0.1) is 0 Å². The van der Waals surface area contributed by atoms with Crippen LogP contribution in [-0.4, -0.2) is 52.6 Å². The van der Waals surface area contributed by atoms with Gasteiger partial charge in [0.05, 0.1) is 29.2 Å². The molecule has 1 aliphatic rings. The van der Waals surface area contributed by atoms with Crippen molar-refractivity contribution in [3.8, 4) is 0 Å². The van der Waals surface area contributed by atoms with E-state index >= 15 is 0 Å². The van der Waals surface area contributed by atoms with Gasteiger partial charge in [0.1, 0.15) is 0 Å². The van der Waals surface area contributed by atoms with Crippen molar-refractivity contribution < 1.29 is 9.53 Å². The summed E-state index contributed by atoms with van der Waals surface area (Å²) in [5, 5.41) is 12.5. The summed E-state index contributed by atoms with van der Waals surface area (Å²) in [5.41, 5.74) is 0.782. The smallest absolute Gasteiger partial charge is 0.236 e. The van der Waals surface area contributed by atoms with Gasteiger partial charge in [-0.1, -0.05) is 46.8 Å². The molecule has 1 unspecified atom stereocenters. The van der Waals surface area contributed by atoms with Crippen LogP contribution in [0.5, 0.6) is 0 Å². The molecule has 1 aromatic carbocycles. The van der Waals surface area contributed by atoms with Gasteiger partial charge in [-0.05, 0) is 19.1 Å². The number of nitrogens with zero attached hydrogens (tertiary/aromatic N) is 3. The summed E-state index contributed by atoms with van der Waals surface area (Å²) in [6.07, 6.45) is 0. The second-order valence-corrected chi connectivity index (χ2v) is 8.15. The molecule has 1 fully saturated rings. The van der Waals surface area contributed by atoms with Gasteiger partial charge in [-0.25, -0.2) is 0 Å². The van der Waals surface area contributed by atoms with Crippen molar-refractivity contribution in [3.63, 3.8) is 0 Å². The third-order valence-corrected chi connectivity index (χ3v) is 5.81. The molecule has 0 radical (unpaired) electrons. The van der Waals surface area contributed by atoms with E-state index < -0.39 is 0 Å². The van der Waals surface area contributed by atoms with E-state index in [9.17, 15) is 4.79 Å². The van der Waals surface area contributed by atoms with Gasteiger partial charge >= 0.3 is 0 Å². The van der Waals surface area contributed by atoms with Gasteiger partial charge in [0, 0.05) is 13.1 Å². The van der Waals surface area contributed by atoms with Crippen molar-refractivity contribution in [1.29, 1.82) is 0 Å². The number of anilines is 2. The number of para-hydroxylation sites is 1. The Morgan fingerprint density at radius 3 is 2.88 bits per heavy atom. The fraction of sp³-hybridized carbons (Fsp3) is 0.400. The zero-order valence-corrected chi connectivity index (χ0v) is 15.5. The first-order valence-corrected chi connectivity index (χ1v) is 9.59. The van der Waals surface area contributed by atoms with E-state index in [1.165, 1.54) is 23.1 Å². The van der Waals surface area contributed by atoms with Crippen molar-refractivity contribution in [3.05, 3.63) is 29.3 Å². The molecule has 1 atom stereocenters. The molecule has 6 nitrogen and oxygen atoms in total. The van der Waals surface area contributed by atoms with Gasteiger partial charge in [0.2, 0.25) is 11.0 Å². The number of hydrogen-bond acceptors (Lipinski definition) is 7. The summed E-state index contributed by atoms with van der Waals surface area (Å²) >= 11 is 8.95. The van der Waals surface area contributed by atoms with E-state index in [2.05, 4.69) is 15.5 Å². The van der Waals surface area contributed by atoms with Crippen LogP contribution in [0.1, 0.15) is 6.92 Å². The number of nitrogens with one attached hydrogen (secondary N) is 1. The highest BCUT2D eigenvalue weighted by molar-refractivity contribution is 8.02. The molecule has 2 heterocycles. The minimum atomic E-state index is -0.204. The van der Waals surface area contributed by atoms with Crippen molar-refractivity contribution >= 4 is 51.4 Å². The van der Waals surface area contributed by atoms with Crippen LogP contribution >= 0.6 is 34.7 Å². The molecule has 0 bridgehead atoms. The number of thioether (sulfide) groups is 1. The summed E-state index contributed by atoms with van der Waals surface area (Å²) in [5.74, 6) is 0.110. The number of carbonyl (C=O) groups excluding carboxylic acids is 1. The van der Waals surface area contributed by atoms with Crippen LogP contribution in [0.2, 0.25) is 5.02 Å². The Hall–Kier alpha value is -1.35. The average Bonchev–Trinajstić information content (AvgIpc) is 3.04. The first-order valence-electron chi connectivity index (χ1n) is 7.52. The van der Waals surface area contributed by atoms with Gasteiger partial charge in [0.15, 0.2) is 4.34 Å². The minimum Gasteiger partial charge on any atom is -0.378 e. The fourth-order valence-electron chi connectivity index (χ4n) is 2.23. The Bertz CT molecular complexity index is 706. The number of rotatable bonds is 5. The zero-order chi connectivity index (χ0) is 16.9. The second-order valence-electron chi connectivity index (χ2n) is 5.18. The summed E-state index contributed by atoms with van der Waals surface area (Å²) in [6.45, 7) is 4.41. The van der Waals surface area contributed by atoms with Gasteiger partial charge < -0.3 is 15.0 Å². The molecular formula is C15H17ClN4O2S2. The lowest BCUT2D eigenvalue weighted by atomic mass is 10.3. The molecule has 128 valence electrons. The highest BCUT2D eigenvalue weighted by Gasteiger charge is 2.24. The maximum atomic E-state index is 12.4. The van der Waals surface area contributed by atoms with Crippen LogP contribution in [-0.2, 0) is 9.53 Å². The van der Waals surface area contributed by atoms with Crippen LogP contribution in [0.3, 0.4) is 0 Å². The topological polar surface area (TPSA) is 67.4 Å². The van der Waals surface area contributed by atoms with Crippen molar-refractivity contribution in [1.82, 2.24) is 15.1 Å². The summed E-state index contributed by atoms with van der Waals surface area (Å²) in [6, 6.07) is 7.45. The molecule has 1 amide bonds. The minimum absolute atomic E-state index is 0.110. The Labute approximate surface area is 153 Å². The largest absolute Gasteiger partial charge is 0.378 e. The van der Waals surface area contributed by atoms with Crippen molar-refractivity contribution in [2.75, 3.05) is 31.6 Å². The second kappa shape index (κ2) is 8.15. The number of aromatic nitrogens is 2. The molecule has 1 aromatic heterocycles. The lowest BCUT2D eigenvalue weighted by molar-refractivity contribution is -0.134. The molecule has 1 aliphatic heterocycles. The molecule has 3 rings (SSSR count).